The summed E-state index contributed by atoms with van der Waals surface area (Å²) in [6.45, 7) is 0. The largest absolute Gasteiger partial charge is 0.179 e. The first-order valence-electron chi connectivity index (χ1n) is 22.0. The molecule has 0 aliphatic rings. The topological polar surface area (TPSA) is 0 Å². The van der Waals surface area contributed by atoms with Gasteiger partial charge < -0.3 is 0 Å². The number of unbranched alkanes of at least 4 members (excludes halogenated alkanes) is 18. The van der Waals surface area contributed by atoms with Crippen molar-refractivity contribution in [3.63, 3.8) is 0 Å². The highest BCUT2D eigenvalue weighted by atomic mass is 32.1. The smallest absolute Gasteiger partial charge is 0.0339 e. The molecule has 0 saturated heterocycles. The lowest BCUT2D eigenvalue weighted by Gasteiger charge is -2.53. The van der Waals surface area contributed by atoms with Gasteiger partial charge in [-0.15, -0.1) is 25.3 Å². The summed E-state index contributed by atoms with van der Waals surface area (Å²) in [4.78, 5) is 2.02. The van der Waals surface area contributed by atoms with Gasteiger partial charge in [-0.3, -0.25) is 0 Å². The van der Waals surface area contributed by atoms with E-state index in [0.29, 0.717) is 0 Å². The quantitative estimate of drug-likeness (QED) is 0.0293. The number of thiol groups is 4. The average molecular weight is 813 g/mol. The van der Waals surface area contributed by atoms with Gasteiger partial charge >= 0.3 is 0 Å². The van der Waals surface area contributed by atoms with Gasteiger partial charge in [0.15, 0.2) is 0 Å². The molecule has 300 valence electrons. The van der Waals surface area contributed by atoms with E-state index in [0.717, 1.165) is 40.6 Å². The Hall–Kier alpha value is -1.72. The van der Waals surface area contributed by atoms with E-state index in [9.17, 15) is 0 Å². The van der Waals surface area contributed by atoms with E-state index < -0.39 is 0 Å². The van der Waals surface area contributed by atoms with Crippen LogP contribution in [0.2, 0.25) is 0 Å². The first-order valence-corrected chi connectivity index (χ1v) is 24.1. The number of benzene rings is 4. The van der Waals surface area contributed by atoms with E-state index in [-0.39, 0.29) is 10.8 Å². The summed E-state index contributed by atoms with van der Waals surface area (Å²) in [6.07, 6.45) is 29.8. The van der Waals surface area contributed by atoms with Gasteiger partial charge in [0, 0.05) is 20.6 Å². The van der Waals surface area contributed by atoms with Crippen LogP contribution in [0.25, 0.3) is 0 Å². The molecule has 0 nitrogen and oxygen atoms in total. The van der Waals surface area contributed by atoms with E-state index >= 15 is 0 Å². The Bertz CT molecular complexity index is 1450. The van der Waals surface area contributed by atoms with Crippen LogP contribution in [-0.2, 0) is 17.3 Å². The van der Waals surface area contributed by atoms with Crippen LogP contribution >= 0.6 is 50.5 Å². The van der Waals surface area contributed by atoms with Gasteiger partial charge in [-0.05, 0) is 90.1 Å². The fourth-order valence-electron chi connectivity index (χ4n) is 9.24. The Morgan fingerprint density at radius 1 is 0.327 bits per heavy atom. The summed E-state index contributed by atoms with van der Waals surface area (Å²) >= 11 is 18.4. The minimum absolute atomic E-state index is 0.125. The fraction of sp³-hybridized carbons (Fsp3) is 0.529. The maximum Gasteiger partial charge on any atom is 0.0339 e. The number of rotatable bonds is 30. The Kier molecular flexibility index (Phi) is 22.6. The van der Waals surface area contributed by atoms with Crippen molar-refractivity contribution >= 4 is 50.5 Å². The van der Waals surface area contributed by atoms with Crippen molar-refractivity contribution in [1.29, 1.82) is 0 Å². The standard InChI is InChI=1S/C51H72S4/c52-41-25-15-11-7-3-1-5-9-13-23-39-50(45-29-21-18-22-30-45,40-24-14-10-6-2-4-8-12-16-26-42-53)51(43-44-27-19-17-20-28-44,46-31-35-48(54)36-32-46)47-33-37-49(55)38-34-47/h17-22,27-38,52-55H,1-16,23-26,39-43H2. The van der Waals surface area contributed by atoms with Gasteiger partial charge in [0.1, 0.15) is 0 Å². The van der Waals surface area contributed by atoms with E-state index in [1.165, 1.54) is 151 Å². The molecule has 0 amide bonds. The lowest BCUT2D eigenvalue weighted by atomic mass is 9.49. The van der Waals surface area contributed by atoms with Crippen molar-refractivity contribution in [2.75, 3.05) is 11.5 Å². The molecule has 0 bridgehead atoms. The molecule has 0 aromatic heterocycles. The molecule has 0 atom stereocenters. The molecule has 4 heteroatoms. The molecule has 0 saturated carbocycles. The zero-order valence-electron chi connectivity index (χ0n) is 33.9. The molecule has 4 aromatic carbocycles. The lowest BCUT2D eigenvalue weighted by molar-refractivity contribution is 0.201. The molecular formula is C51H72S4. The van der Waals surface area contributed by atoms with Gasteiger partial charge in [-0.1, -0.05) is 201 Å². The predicted molar refractivity (Wildman–Crippen MR) is 256 cm³/mol. The van der Waals surface area contributed by atoms with E-state index in [2.05, 4.69) is 134 Å². The van der Waals surface area contributed by atoms with Crippen LogP contribution in [0, 0.1) is 0 Å². The number of hydrogen-bond acceptors (Lipinski definition) is 4. The SMILES string of the molecule is SCCCCCCCCCCCCC(CCCCCCCCCCCCS)(c1ccccc1)C(Cc1ccccc1)(c1ccc(S)cc1)c1ccc(S)cc1. The summed E-state index contributed by atoms with van der Waals surface area (Å²) in [5.41, 5.74) is 5.22. The molecule has 0 unspecified atom stereocenters. The third-order valence-electron chi connectivity index (χ3n) is 12.2. The highest BCUT2D eigenvalue weighted by molar-refractivity contribution is 7.80. The van der Waals surface area contributed by atoms with Crippen LogP contribution in [0.4, 0.5) is 0 Å². The first kappa shape index (κ1) is 46.0. The van der Waals surface area contributed by atoms with E-state index in [4.69, 9.17) is 25.3 Å². The molecule has 0 radical (unpaired) electrons. The van der Waals surface area contributed by atoms with Crippen molar-refractivity contribution in [3.05, 3.63) is 131 Å². The molecule has 0 N–H and O–H groups in total. The summed E-state index contributed by atoms with van der Waals surface area (Å²) in [6, 6.07) is 41.5. The maximum absolute atomic E-state index is 4.80. The van der Waals surface area contributed by atoms with Crippen LogP contribution in [0.15, 0.2) is 119 Å². The van der Waals surface area contributed by atoms with Crippen LogP contribution in [0.1, 0.15) is 164 Å². The van der Waals surface area contributed by atoms with Gasteiger partial charge in [0.25, 0.3) is 0 Å². The maximum atomic E-state index is 4.80. The Morgan fingerprint density at radius 2 is 0.655 bits per heavy atom. The second kappa shape index (κ2) is 27.1. The third kappa shape index (κ3) is 14.9. The van der Waals surface area contributed by atoms with E-state index in [1.54, 1.807) is 0 Å². The summed E-state index contributed by atoms with van der Waals surface area (Å²) < 4.78 is 0. The Balaban J connectivity index is 1.69. The highest BCUT2D eigenvalue weighted by Gasteiger charge is 2.53. The summed E-state index contributed by atoms with van der Waals surface area (Å²) in [5.74, 6) is 2.05. The molecule has 0 aliphatic heterocycles. The van der Waals surface area contributed by atoms with E-state index in [1.807, 2.05) is 0 Å². The Labute approximate surface area is 359 Å². The molecule has 0 fully saturated rings. The van der Waals surface area contributed by atoms with Gasteiger partial charge in [0.2, 0.25) is 0 Å². The molecule has 0 heterocycles. The average Bonchev–Trinajstić information content (AvgIpc) is 3.22. The first-order chi connectivity index (χ1) is 27.1. The second-order valence-corrected chi connectivity index (χ2v) is 18.1. The number of hydrogen-bond donors (Lipinski definition) is 4. The van der Waals surface area contributed by atoms with Crippen LogP contribution in [0.3, 0.4) is 0 Å². The molecular weight excluding hydrogens is 741 g/mol. The fourth-order valence-corrected chi connectivity index (χ4v) is 9.98. The minimum Gasteiger partial charge on any atom is -0.179 e. The van der Waals surface area contributed by atoms with Crippen molar-refractivity contribution in [2.24, 2.45) is 0 Å². The summed E-state index contributed by atoms with van der Waals surface area (Å²) in [5, 5.41) is 0. The van der Waals surface area contributed by atoms with Crippen molar-refractivity contribution in [1.82, 2.24) is 0 Å². The molecule has 4 rings (SSSR count). The zero-order valence-corrected chi connectivity index (χ0v) is 37.4. The second-order valence-electron chi connectivity index (χ2n) is 16.1. The third-order valence-corrected chi connectivity index (χ3v) is 13.4. The normalized spacial score (nSPS) is 12.0. The molecule has 0 spiro atoms. The predicted octanol–water partition coefficient (Wildman–Crippen LogP) is 16.2. The zero-order chi connectivity index (χ0) is 38.9. The molecule has 55 heavy (non-hydrogen) atoms. The van der Waals surface area contributed by atoms with Crippen LogP contribution in [-0.4, -0.2) is 11.5 Å². The van der Waals surface area contributed by atoms with Gasteiger partial charge in [-0.2, -0.15) is 25.3 Å². The monoisotopic (exact) mass is 812 g/mol. The van der Waals surface area contributed by atoms with Gasteiger partial charge in [0.05, 0.1) is 0 Å². The molecule has 4 aromatic rings. The molecule has 0 aliphatic carbocycles. The van der Waals surface area contributed by atoms with Crippen LogP contribution in [0.5, 0.6) is 0 Å². The van der Waals surface area contributed by atoms with Gasteiger partial charge in [-0.25, -0.2) is 0 Å². The summed E-state index contributed by atoms with van der Waals surface area (Å²) in [7, 11) is 0. The lowest BCUT2D eigenvalue weighted by Crippen LogP contribution is -2.52. The minimum atomic E-state index is -0.307. The van der Waals surface area contributed by atoms with Crippen molar-refractivity contribution in [2.45, 2.75) is 168 Å². The Morgan fingerprint density at radius 3 is 1.02 bits per heavy atom. The van der Waals surface area contributed by atoms with Crippen molar-refractivity contribution < 1.29 is 0 Å². The van der Waals surface area contributed by atoms with Crippen molar-refractivity contribution in [3.8, 4) is 0 Å². The van der Waals surface area contributed by atoms with Crippen LogP contribution < -0.4 is 0 Å². The highest BCUT2D eigenvalue weighted by Crippen LogP contribution is 2.56.